The highest BCUT2D eigenvalue weighted by molar-refractivity contribution is 5.87. The number of benzene rings is 4. The number of allylic oxidation sites excluding steroid dienone is 4. The average Bonchev–Trinajstić information content (AvgIpc) is 3.44. The summed E-state index contributed by atoms with van der Waals surface area (Å²) in [7, 11) is 0. The SMILES string of the molecule is CC1=CCC(c2c3c(ccc2=C(c2ccccc2)c2ccccc2)=c2ccccc2=C3)=C1. The van der Waals surface area contributed by atoms with Gasteiger partial charge in [-0.15, -0.1) is 0 Å². The van der Waals surface area contributed by atoms with Crippen molar-refractivity contribution in [2.75, 3.05) is 0 Å². The molecule has 152 valence electrons. The first-order valence-electron chi connectivity index (χ1n) is 11.3. The minimum atomic E-state index is 0.982. The van der Waals surface area contributed by atoms with Crippen molar-refractivity contribution >= 4 is 17.2 Å². The van der Waals surface area contributed by atoms with Crippen LogP contribution in [0.4, 0.5) is 0 Å². The maximum atomic E-state index is 2.38. The molecular weight excluding hydrogens is 384 g/mol. The standard InChI is InChI=1S/C32H24/c1-22-16-17-26(20-22)32-29(19-18-28-27-15-9-8-14-25(27)21-30(28)32)31(23-10-4-2-5-11-23)24-12-6-3-7-13-24/h2-16,18-21H,17H2,1H3. The third kappa shape index (κ3) is 3.08. The van der Waals surface area contributed by atoms with E-state index in [-0.39, 0.29) is 0 Å². The lowest BCUT2D eigenvalue weighted by molar-refractivity contribution is 1.35. The molecule has 0 heterocycles. The van der Waals surface area contributed by atoms with Crippen LogP contribution in [0.15, 0.2) is 115 Å². The molecule has 0 N–H and O–H groups in total. The van der Waals surface area contributed by atoms with Crippen molar-refractivity contribution in [2.45, 2.75) is 13.3 Å². The highest BCUT2D eigenvalue weighted by Crippen LogP contribution is 2.31. The van der Waals surface area contributed by atoms with Gasteiger partial charge in [0.2, 0.25) is 0 Å². The molecule has 0 radical (unpaired) electrons. The van der Waals surface area contributed by atoms with Crippen LogP contribution >= 0.6 is 0 Å². The average molecular weight is 409 g/mol. The molecule has 0 amide bonds. The molecule has 0 spiro atoms. The lowest BCUT2D eigenvalue weighted by Gasteiger charge is -2.15. The molecule has 0 unspecified atom stereocenters. The fourth-order valence-corrected chi connectivity index (χ4v) is 5.11. The van der Waals surface area contributed by atoms with Gasteiger partial charge in [0.15, 0.2) is 0 Å². The van der Waals surface area contributed by atoms with Gasteiger partial charge >= 0.3 is 0 Å². The first-order chi connectivity index (χ1) is 15.8. The van der Waals surface area contributed by atoms with Crippen LogP contribution in [-0.4, -0.2) is 0 Å². The molecule has 4 aromatic rings. The van der Waals surface area contributed by atoms with Crippen LogP contribution in [-0.2, 0) is 0 Å². The number of hydrogen-bond donors (Lipinski definition) is 0. The van der Waals surface area contributed by atoms with E-state index in [0.29, 0.717) is 0 Å². The quantitative estimate of drug-likeness (QED) is 0.339. The summed E-state index contributed by atoms with van der Waals surface area (Å²) in [5.41, 5.74) is 9.26. The monoisotopic (exact) mass is 408 g/mol. The topological polar surface area (TPSA) is 0 Å². The van der Waals surface area contributed by atoms with Gasteiger partial charge in [-0.3, -0.25) is 0 Å². The summed E-state index contributed by atoms with van der Waals surface area (Å²) in [5, 5.41) is 5.29. The zero-order chi connectivity index (χ0) is 21.5. The van der Waals surface area contributed by atoms with E-state index >= 15 is 0 Å². The normalized spacial score (nSPS) is 13.7. The molecule has 2 aliphatic rings. The van der Waals surface area contributed by atoms with Crippen LogP contribution in [0.1, 0.15) is 35.6 Å². The van der Waals surface area contributed by atoms with Gasteiger partial charge in [0.05, 0.1) is 0 Å². The Balaban J connectivity index is 1.81. The molecule has 0 saturated heterocycles. The maximum Gasteiger partial charge on any atom is -0.00325 e. The Morgan fingerprint density at radius 3 is 1.94 bits per heavy atom. The second-order valence-corrected chi connectivity index (χ2v) is 8.61. The lowest BCUT2D eigenvalue weighted by atomic mass is 9.88. The molecule has 0 fully saturated rings. The predicted molar refractivity (Wildman–Crippen MR) is 134 cm³/mol. The van der Waals surface area contributed by atoms with Gasteiger partial charge in [-0.1, -0.05) is 115 Å². The summed E-state index contributed by atoms with van der Waals surface area (Å²) in [4.78, 5) is 0. The predicted octanol–water partition coefficient (Wildman–Crippen LogP) is 6.10. The number of hydrogen-bond acceptors (Lipinski definition) is 0. The van der Waals surface area contributed by atoms with Crippen molar-refractivity contribution in [3.05, 3.63) is 158 Å². The second kappa shape index (κ2) is 7.66. The van der Waals surface area contributed by atoms with Gasteiger partial charge < -0.3 is 0 Å². The fraction of sp³-hybridized carbons (Fsp3) is 0.0625. The van der Waals surface area contributed by atoms with Gasteiger partial charge in [0.1, 0.15) is 0 Å². The van der Waals surface area contributed by atoms with Crippen molar-refractivity contribution < 1.29 is 0 Å². The Bertz CT molecular complexity index is 1570. The molecule has 6 rings (SSSR count). The Morgan fingerprint density at radius 1 is 0.625 bits per heavy atom. The highest BCUT2D eigenvalue weighted by Gasteiger charge is 2.18. The van der Waals surface area contributed by atoms with Gasteiger partial charge in [0.25, 0.3) is 0 Å². The summed E-state index contributed by atoms with van der Waals surface area (Å²) in [6, 6.07) is 35.0. The van der Waals surface area contributed by atoms with E-state index in [4.69, 9.17) is 0 Å². The van der Waals surface area contributed by atoms with Crippen molar-refractivity contribution in [1.29, 1.82) is 0 Å². The first kappa shape index (κ1) is 18.8. The van der Waals surface area contributed by atoms with E-state index in [0.717, 1.165) is 6.42 Å². The van der Waals surface area contributed by atoms with Crippen LogP contribution in [0.3, 0.4) is 0 Å². The molecule has 2 aliphatic carbocycles. The highest BCUT2D eigenvalue weighted by atomic mass is 14.2. The Morgan fingerprint density at radius 2 is 1.28 bits per heavy atom. The van der Waals surface area contributed by atoms with E-state index in [1.54, 1.807) is 0 Å². The third-order valence-electron chi connectivity index (χ3n) is 6.56. The van der Waals surface area contributed by atoms with Gasteiger partial charge in [-0.05, 0) is 73.7 Å². The van der Waals surface area contributed by atoms with Gasteiger partial charge in [0, 0.05) is 0 Å². The Labute approximate surface area is 188 Å². The minimum absolute atomic E-state index is 0.982. The molecule has 0 aromatic heterocycles. The summed E-state index contributed by atoms with van der Waals surface area (Å²) >= 11 is 0. The molecule has 0 saturated carbocycles. The van der Waals surface area contributed by atoms with Crippen LogP contribution < -0.4 is 10.4 Å². The number of rotatable bonds is 3. The molecule has 0 atom stereocenters. The molecule has 32 heavy (non-hydrogen) atoms. The van der Waals surface area contributed by atoms with Crippen LogP contribution in [0.2, 0.25) is 0 Å². The van der Waals surface area contributed by atoms with E-state index < -0.39 is 0 Å². The fourth-order valence-electron chi connectivity index (χ4n) is 5.11. The van der Waals surface area contributed by atoms with Crippen LogP contribution in [0, 0.1) is 10.4 Å². The van der Waals surface area contributed by atoms with Crippen molar-refractivity contribution in [1.82, 2.24) is 0 Å². The Kier molecular flexibility index (Phi) is 4.51. The molecule has 0 bridgehead atoms. The van der Waals surface area contributed by atoms with Crippen LogP contribution in [0.25, 0.3) is 17.2 Å². The molecule has 0 heteroatoms. The second-order valence-electron chi connectivity index (χ2n) is 8.61. The summed E-state index contributed by atoms with van der Waals surface area (Å²) < 4.78 is 0. The largest absolute Gasteiger partial charge is 0.0772 e. The smallest absolute Gasteiger partial charge is 0.00325 e. The van der Waals surface area contributed by atoms with Crippen LogP contribution in [0.5, 0.6) is 0 Å². The van der Waals surface area contributed by atoms with Crippen molar-refractivity contribution in [3.63, 3.8) is 0 Å². The number of fused-ring (bicyclic) bond motifs is 2. The van der Waals surface area contributed by atoms with E-state index in [1.165, 1.54) is 59.8 Å². The van der Waals surface area contributed by atoms with E-state index in [2.05, 4.69) is 122 Å². The van der Waals surface area contributed by atoms with Crippen molar-refractivity contribution in [3.8, 4) is 0 Å². The van der Waals surface area contributed by atoms with Gasteiger partial charge in [-0.2, -0.15) is 0 Å². The lowest BCUT2D eigenvalue weighted by Crippen LogP contribution is -2.16. The summed E-state index contributed by atoms with van der Waals surface area (Å²) in [6.45, 7) is 2.20. The van der Waals surface area contributed by atoms with E-state index in [1.807, 2.05) is 0 Å². The van der Waals surface area contributed by atoms with Gasteiger partial charge in [-0.25, -0.2) is 0 Å². The first-order valence-corrected chi connectivity index (χ1v) is 11.3. The van der Waals surface area contributed by atoms with E-state index in [9.17, 15) is 0 Å². The summed E-state index contributed by atoms with van der Waals surface area (Å²) in [5.74, 6) is 0. The Hall–Kier alpha value is -3.90. The maximum absolute atomic E-state index is 2.38. The third-order valence-corrected chi connectivity index (χ3v) is 6.56. The van der Waals surface area contributed by atoms with Crippen molar-refractivity contribution in [2.24, 2.45) is 0 Å². The summed E-state index contributed by atoms with van der Waals surface area (Å²) in [6.07, 6.45) is 8.07. The molecule has 0 aliphatic heterocycles. The molecule has 4 aromatic carbocycles. The zero-order valence-corrected chi connectivity index (χ0v) is 18.2. The molecule has 0 nitrogen and oxygen atoms in total. The molecular formula is C32H24. The minimum Gasteiger partial charge on any atom is -0.0772 e. The zero-order valence-electron chi connectivity index (χ0n) is 18.2.